The van der Waals surface area contributed by atoms with Crippen LogP contribution in [0.4, 0.5) is 0 Å². The fourth-order valence-electron chi connectivity index (χ4n) is 0.452. The molecule has 0 atom stereocenters. The van der Waals surface area contributed by atoms with Crippen LogP contribution in [0.5, 0.6) is 0 Å². The summed E-state index contributed by atoms with van der Waals surface area (Å²) in [5.41, 5.74) is 0. The molecular weight excluding hydrogens is 124 g/mol. The Hall–Kier alpha value is -1.11. The Morgan fingerprint density at radius 1 is 1.00 bits per heavy atom. The SMILES string of the molecule is CCC=CC=CC=CC=O. The van der Waals surface area contributed by atoms with Crippen LogP contribution < -0.4 is 0 Å². The van der Waals surface area contributed by atoms with Crippen LogP contribution >= 0.6 is 0 Å². The van der Waals surface area contributed by atoms with Crippen molar-refractivity contribution in [1.82, 2.24) is 0 Å². The van der Waals surface area contributed by atoms with Crippen molar-refractivity contribution in [3.8, 4) is 0 Å². The van der Waals surface area contributed by atoms with Crippen LogP contribution in [-0.4, -0.2) is 6.29 Å². The fourth-order valence-corrected chi connectivity index (χ4v) is 0.452. The summed E-state index contributed by atoms with van der Waals surface area (Å²) in [6.45, 7) is 2.08. The van der Waals surface area contributed by atoms with E-state index in [0.29, 0.717) is 0 Å². The van der Waals surface area contributed by atoms with Crippen LogP contribution in [0.1, 0.15) is 13.3 Å². The van der Waals surface area contributed by atoms with Gasteiger partial charge in [0, 0.05) is 0 Å². The molecular formula is C9H12O. The van der Waals surface area contributed by atoms with Crippen LogP contribution in [0.2, 0.25) is 0 Å². The predicted octanol–water partition coefficient (Wildman–Crippen LogP) is 2.26. The molecule has 0 rings (SSSR count). The van der Waals surface area contributed by atoms with Crippen LogP contribution in [0.25, 0.3) is 0 Å². The van der Waals surface area contributed by atoms with Crippen molar-refractivity contribution in [1.29, 1.82) is 0 Å². The summed E-state index contributed by atoms with van der Waals surface area (Å²) in [5.74, 6) is 0. The van der Waals surface area contributed by atoms with Gasteiger partial charge in [-0.3, -0.25) is 4.79 Å². The normalized spacial score (nSPS) is 12.1. The largest absolute Gasteiger partial charge is 0.299 e. The lowest BCUT2D eigenvalue weighted by Crippen LogP contribution is -1.56. The third-order valence-electron chi connectivity index (χ3n) is 0.895. The van der Waals surface area contributed by atoms with Gasteiger partial charge in [0.25, 0.3) is 0 Å². The van der Waals surface area contributed by atoms with Gasteiger partial charge in [-0.15, -0.1) is 0 Å². The minimum atomic E-state index is 0.758. The highest BCUT2D eigenvalue weighted by Crippen LogP contribution is 1.81. The molecule has 0 aromatic rings. The topological polar surface area (TPSA) is 17.1 Å². The summed E-state index contributed by atoms with van der Waals surface area (Å²) in [6.07, 6.45) is 12.7. The number of carbonyl (C=O) groups excluding carboxylic acids is 1. The molecule has 0 heterocycles. The average molecular weight is 136 g/mol. The second-order valence-electron chi connectivity index (χ2n) is 1.74. The Balaban J connectivity index is 3.46. The maximum atomic E-state index is 9.76. The number of hydrogen-bond acceptors (Lipinski definition) is 1. The molecule has 0 fully saturated rings. The molecule has 0 spiro atoms. The zero-order valence-electron chi connectivity index (χ0n) is 6.16. The van der Waals surface area contributed by atoms with Crippen LogP contribution in [-0.2, 0) is 4.79 Å². The quantitative estimate of drug-likeness (QED) is 0.329. The highest BCUT2D eigenvalue weighted by atomic mass is 16.1. The molecule has 0 radical (unpaired) electrons. The summed E-state index contributed by atoms with van der Waals surface area (Å²) in [6, 6.07) is 0. The maximum absolute atomic E-state index is 9.76. The van der Waals surface area contributed by atoms with Gasteiger partial charge in [-0.2, -0.15) is 0 Å². The van der Waals surface area contributed by atoms with Crippen molar-refractivity contribution in [3.05, 3.63) is 36.5 Å². The lowest BCUT2D eigenvalue weighted by atomic mass is 10.4. The van der Waals surface area contributed by atoms with E-state index >= 15 is 0 Å². The molecule has 0 bridgehead atoms. The van der Waals surface area contributed by atoms with E-state index in [0.717, 1.165) is 12.7 Å². The first-order valence-corrected chi connectivity index (χ1v) is 3.35. The molecule has 0 amide bonds. The molecule has 0 aromatic heterocycles. The van der Waals surface area contributed by atoms with E-state index in [1.165, 1.54) is 6.08 Å². The van der Waals surface area contributed by atoms with Gasteiger partial charge in [0.05, 0.1) is 0 Å². The third-order valence-corrected chi connectivity index (χ3v) is 0.895. The molecule has 1 nitrogen and oxygen atoms in total. The van der Waals surface area contributed by atoms with Gasteiger partial charge in [-0.25, -0.2) is 0 Å². The van der Waals surface area contributed by atoms with Crippen LogP contribution in [0.3, 0.4) is 0 Å². The van der Waals surface area contributed by atoms with E-state index < -0.39 is 0 Å². The van der Waals surface area contributed by atoms with E-state index in [1.807, 2.05) is 24.3 Å². The van der Waals surface area contributed by atoms with E-state index in [4.69, 9.17) is 0 Å². The molecule has 0 aliphatic carbocycles. The highest BCUT2D eigenvalue weighted by molar-refractivity contribution is 5.65. The fraction of sp³-hybridized carbons (Fsp3) is 0.222. The van der Waals surface area contributed by atoms with Gasteiger partial charge in [0.2, 0.25) is 0 Å². The first kappa shape index (κ1) is 8.89. The Kier molecular flexibility index (Phi) is 7.01. The second kappa shape index (κ2) is 7.89. The van der Waals surface area contributed by atoms with Gasteiger partial charge in [-0.05, 0) is 12.5 Å². The summed E-state index contributed by atoms with van der Waals surface area (Å²) in [7, 11) is 0. The monoisotopic (exact) mass is 136 g/mol. The summed E-state index contributed by atoms with van der Waals surface area (Å²) in [4.78, 5) is 9.76. The number of allylic oxidation sites excluding steroid dienone is 6. The van der Waals surface area contributed by atoms with Gasteiger partial charge in [0.15, 0.2) is 0 Å². The molecule has 10 heavy (non-hydrogen) atoms. The number of carbonyl (C=O) groups is 1. The van der Waals surface area contributed by atoms with Gasteiger partial charge in [0.1, 0.15) is 6.29 Å². The van der Waals surface area contributed by atoms with E-state index in [9.17, 15) is 4.79 Å². The van der Waals surface area contributed by atoms with Crippen molar-refractivity contribution < 1.29 is 4.79 Å². The summed E-state index contributed by atoms with van der Waals surface area (Å²) >= 11 is 0. The molecule has 0 saturated heterocycles. The Morgan fingerprint density at radius 3 is 2.20 bits per heavy atom. The number of hydrogen-bond donors (Lipinski definition) is 0. The van der Waals surface area contributed by atoms with Crippen molar-refractivity contribution in [2.45, 2.75) is 13.3 Å². The van der Waals surface area contributed by atoms with E-state index in [2.05, 4.69) is 6.92 Å². The molecule has 54 valence electrons. The molecule has 0 aromatic carbocycles. The Morgan fingerprint density at radius 2 is 1.60 bits per heavy atom. The predicted molar refractivity (Wildman–Crippen MR) is 43.8 cm³/mol. The first-order valence-electron chi connectivity index (χ1n) is 3.35. The third kappa shape index (κ3) is 6.89. The van der Waals surface area contributed by atoms with Crippen LogP contribution in [0.15, 0.2) is 36.5 Å². The molecule has 0 N–H and O–H groups in total. The molecule has 0 aliphatic heterocycles. The summed E-state index contributed by atoms with van der Waals surface area (Å²) in [5, 5.41) is 0. The minimum Gasteiger partial charge on any atom is -0.299 e. The minimum absolute atomic E-state index is 0.758. The lowest BCUT2D eigenvalue weighted by molar-refractivity contribution is -0.104. The van der Waals surface area contributed by atoms with Crippen molar-refractivity contribution in [2.75, 3.05) is 0 Å². The van der Waals surface area contributed by atoms with Crippen molar-refractivity contribution in [3.63, 3.8) is 0 Å². The molecule has 0 aliphatic rings. The summed E-state index contributed by atoms with van der Waals surface area (Å²) < 4.78 is 0. The smallest absolute Gasteiger partial charge is 0.142 e. The zero-order chi connectivity index (χ0) is 7.66. The maximum Gasteiger partial charge on any atom is 0.142 e. The van der Waals surface area contributed by atoms with E-state index in [1.54, 1.807) is 6.08 Å². The highest BCUT2D eigenvalue weighted by Gasteiger charge is 1.62. The second-order valence-corrected chi connectivity index (χ2v) is 1.74. The van der Waals surface area contributed by atoms with Crippen molar-refractivity contribution >= 4 is 6.29 Å². The lowest BCUT2D eigenvalue weighted by Gasteiger charge is -1.72. The molecule has 0 saturated carbocycles. The zero-order valence-corrected chi connectivity index (χ0v) is 6.16. The van der Waals surface area contributed by atoms with Crippen LogP contribution in [0, 0.1) is 0 Å². The molecule has 1 heteroatoms. The average Bonchev–Trinajstić information content (AvgIpc) is 1.97. The van der Waals surface area contributed by atoms with Gasteiger partial charge < -0.3 is 0 Å². The van der Waals surface area contributed by atoms with Gasteiger partial charge >= 0.3 is 0 Å². The first-order chi connectivity index (χ1) is 4.91. The molecule has 0 unspecified atom stereocenters. The van der Waals surface area contributed by atoms with Crippen molar-refractivity contribution in [2.24, 2.45) is 0 Å². The number of rotatable bonds is 4. The Bertz CT molecular complexity index is 152. The van der Waals surface area contributed by atoms with E-state index in [-0.39, 0.29) is 0 Å². The standard InChI is InChI=1S/C9H12O/c1-2-3-4-5-6-7-8-9-10/h3-9H,2H2,1H3. The Labute approximate surface area is 61.8 Å². The number of aldehydes is 1. The van der Waals surface area contributed by atoms with Gasteiger partial charge in [-0.1, -0.05) is 37.3 Å².